The number of hydrogen-bond donors (Lipinski definition) is 0. The van der Waals surface area contributed by atoms with Gasteiger partial charge in [-0.2, -0.15) is 0 Å². The van der Waals surface area contributed by atoms with E-state index in [4.69, 9.17) is 4.43 Å². The van der Waals surface area contributed by atoms with Crippen molar-refractivity contribution in [3.05, 3.63) is 82.9 Å². The predicted molar refractivity (Wildman–Crippen MR) is 89.2 cm³/mol. The average molecular weight is 296 g/mol. The van der Waals surface area contributed by atoms with Crippen LogP contribution >= 0.6 is 0 Å². The first-order chi connectivity index (χ1) is 10.4. The van der Waals surface area contributed by atoms with Crippen LogP contribution in [-0.2, 0) is 4.43 Å². The van der Waals surface area contributed by atoms with Crippen molar-refractivity contribution in [1.29, 1.82) is 0 Å². The third-order valence-corrected chi connectivity index (χ3v) is 7.15. The molecule has 0 bridgehead atoms. The zero-order valence-electron chi connectivity index (χ0n) is 13.0. The molecule has 103 valence electrons. The summed E-state index contributed by atoms with van der Waals surface area (Å²) in [6.07, 6.45) is 9.15. The zero-order chi connectivity index (χ0) is 14.2. The van der Waals surface area contributed by atoms with E-state index in [9.17, 15) is 0 Å². The molecule has 2 aliphatic carbocycles. The van der Waals surface area contributed by atoms with Gasteiger partial charge in [0.05, 0.1) is 0 Å². The molecule has 2 aliphatic rings. The molecule has 1 nitrogen and oxygen atoms in total. The third-order valence-electron chi connectivity index (χ3n) is 4.45. The first kappa shape index (κ1) is 15.6. The van der Waals surface area contributed by atoms with E-state index in [1.165, 1.54) is 22.3 Å². The summed E-state index contributed by atoms with van der Waals surface area (Å²) in [5.41, 5.74) is 6.39. The van der Waals surface area contributed by atoms with E-state index in [0.717, 1.165) is 0 Å². The second-order valence-corrected chi connectivity index (χ2v) is 7.99. The van der Waals surface area contributed by atoms with Crippen LogP contribution in [0.2, 0.25) is 0 Å². The monoisotopic (exact) mass is 296 g/mol. The van der Waals surface area contributed by atoms with Gasteiger partial charge in [-0.15, -0.1) is 0 Å². The first-order valence-electron chi connectivity index (χ1n) is 7.33. The van der Waals surface area contributed by atoms with Gasteiger partial charge in [-0.3, -0.25) is 0 Å². The Morgan fingerprint density at radius 3 is 1.68 bits per heavy atom. The Balaban J connectivity index is 0.00000144. The van der Waals surface area contributed by atoms with Gasteiger partial charge >= 0.3 is 18.9 Å². The number of hydrogen-bond acceptors (Lipinski definition) is 1. The minimum Gasteiger partial charge on any atom is -0.418 e. The van der Waals surface area contributed by atoms with Gasteiger partial charge in [-0.05, 0) is 22.3 Å². The summed E-state index contributed by atoms with van der Waals surface area (Å²) in [6, 6.07) is 17.4. The standard InChI is InChI=1S/C19H17OSi.Li/c1-20-21(18-12-10-14-6-2-4-8-16(14)18)19-13-11-15-7-3-5-9-17(15)19;/h2-13,18-19H,1H3;/q;+1. The molecule has 0 aliphatic heterocycles. The van der Waals surface area contributed by atoms with Crippen molar-refractivity contribution in [2.45, 2.75) is 11.1 Å². The van der Waals surface area contributed by atoms with Gasteiger partial charge in [-0.1, -0.05) is 72.8 Å². The molecule has 4 rings (SSSR count). The molecule has 2 aromatic carbocycles. The second kappa shape index (κ2) is 6.44. The average Bonchev–Trinajstić information content (AvgIpc) is 3.14. The molecule has 0 N–H and O–H groups in total. The maximum absolute atomic E-state index is 6.03. The van der Waals surface area contributed by atoms with Gasteiger partial charge in [0.15, 0.2) is 0 Å². The van der Waals surface area contributed by atoms with Crippen LogP contribution in [0.25, 0.3) is 12.2 Å². The van der Waals surface area contributed by atoms with Crippen LogP contribution < -0.4 is 18.9 Å². The van der Waals surface area contributed by atoms with Crippen LogP contribution in [0.15, 0.2) is 60.7 Å². The van der Waals surface area contributed by atoms with Gasteiger partial charge < -0.3 is 4.43 Å². The van der Waals surface area contributed by atoms with Gasteiger partial charge in [-0.25, -0.2) is 0 Å². The molecule has 0 aromatic heterocycles. The molecule has 0 fully saturated rings. The smallest absolute Gasteiger partial charge is 0.418 e. The zero-order valence-corrected chi connectivity index (χ0v) is 14.0. The van der Waals surface area contributed by atoms with Crippen molar-refractivity contribution in [2.24, 2.45) is 0 Å². The fourth-order valence-corrected chi connectivity index (χ4v) is 6.05. The van der Waals surface area contributed by atoms with Crippen LogP contribution in [0.1, 0.15) is 33.3 Å². The molecule has 2 unspecified atom stereocenters. The largest absolute Gasteiger partial charge is 1.00 e. The number of rotatable bonds is 3. The summed E-state index contributed by atoms with van der Waals surface area (Å²) in [5.74, 6) is 0. The van der Waals surface area contributed by atoms with Gasteiger partial charge in [0.1, 0.15) is 0 Å². The molecule has 2 aromatic rings. The van der Waals surface area contributed by atoms with Crippen molar-refractivity contribution in [3.8, 4) is 0 Å². The van der Waals surface area contributed by atoms with Gasteiger partial charge in [0.2, 0.25) is 9.04 Å². The Labute approximate surface area is 145 Å². The Bertz CT molecular complexity index is 676. The number of fused-ring (bicyclic) bond motifs is 2. The number of benzene rings is 2. The fourth-order valence-electron chi connectivity index (χ4n) is 3.44. The fraction of sp³-hybridized carbons (Fsp3) is 0.158. The molecular formula is C19H17LiOSi+. The predicted octanol–water partition coefficient (Wildman–Crippen LogP) is 1.33. The SMILES string of the molecule is CO[Si](C1C=Cc2ccccc21)C1C=Cc2ccccc21.[Li+]. The maximum Gasteiger partial charge on any atom is 1.00 e. The topological polar surface area (TPSA) is 9.23 Å². The van der Waals surface area contributed by atoms with E-state index in [-0.39, 0.29) is 18.9 Å². The molecule has 0 saturated heterocycles. The Hall–Kier alpha value is -1.31. The minimum absolute atomic E-state index is 0. The minimum atomic E-state index is -1.04. The number of allylic oxidation sites excluding steroid dienone is 2. The maximum atomic E-state index is 6.03. The Morgan fingerprint density at radius 1 is 0.773 bits per heavy atom. The summed E-state index contributed by atoms with van der Waals surface area (Å²) < 4.78 is 6.03. The van der Waals surface area contributed by atoms with E-state index in [2.05, 4.69) is 72.8 Å². The Morgan fingerprint density at radius 2 is 1.23 bits per heavy atom. The van der Waals surface area contributed by atoms with E-state index in [1.807, 2.05) is 7.11 Å². The van der Waals surface area contributed by atoms with Crippen LogP contribution in [0.3, 0.4) is 0 Å². The summed E-state index contributed by atoms with van der Waals surface area (Å²) >= 11 is 0. The quantitative estimate of drug-likeness (QED) is 0.777. The van der Waals surface area contributed by atoms with E-state index in [0.29, 0.717) is 11.1 Å². The molecule has 22 heavy (non-hydrogen) atoms. The van der Waals surface area contributed by atoms with E-state index < -0.39 is 9.04 Å². The van der Waals surface area contributed by atoms with Crippen LogP contribution in [-0.4, -0.2) is 16.2 Å². The summed E-state index contributed by atoms with van der Waals surface area (Å²) in [7, 11) is 0.836. The van der Waals surface area contributed by atoms with E-state index in [1.54, 1.807) is 0 Å². The van der Waals surface area contributed by atoms with Crippen molar-refractivity contribution < 1.29 is 23.3 Å². The molecular weight excluding hydrogens is 279 g/mol. The molecule has 0 spiro atoms. The molecule has 1 radical (unpaired) electrons. The van der Waals surface area contributed by atoms with Crippen molar-refractivity contribution in [1.82, 2.24) is 0 Å². The molecule has 0 heterocycles. The first-order valence-corrected chi connectivity index (χ1v) is 8.90. The van der Waals surface area contributed by atoms with Crippen molar-refractivity contribution in [2.75, 3.05) is 7.11 Å². The van der Waals surface area contributed by atoms with Crippen LogP contribution in [0.5, 0.6) is 0 Å². The summed E-state index contributed by atoms with van der Waals surface area (Å²) in [6.45, 7) is 0. The normalized spacial score (nSPS) is 20.8. The third kappa shape index (κ3) is 2.47. The van der Waals surface area contributed by atoms with Crippen LogP contribution in [0, 0.1) is 0 Å². The Kier molecular flexibility index (Phi) is 4.56. The summed E-state index contributed by atoms with van der Waals surface area (Å²) in [5, 5.41) is 0. The van der Waals surface area contributed by atoms with Gasteiger partial charge in [0.25, 0.3) is 0 Å². The van der Waals surface area contributed by atoms with E-state index >= 15 is 0 Å². The molecule has 0 amide bonds. The van der Waals surface area contributed by atoms with Crippen LogP contribution in [0.4, 0.5) is 0 Å². The van der Waals surface area contributed by atoms with Crippen molar-refractivity contribution in [3.63, 3.8) is 0 Å². The molecule has 3 heteroatoms. The van der Waals surface area contributed by atoms with Gasteiger partial charge in [0, 0.05) is 18.2 Å². The molecule has 2 atom stereocenters. The molecule has 0 saturated carbocycles. The second-order valence-electron chi connectivity index (χ2n) is 5.54. The summed E-state index contributed by atoms with van der Waals surface area (Å²) in [4.78, 5) is 0. The van der Waals surface area contributed by atoms with Crippen molar-refractivity contribution >= 4 is 21.2 Å².